The predicted octanol–water partition coefficient (Wildman–Crippen LogP) is 2.58. The molecule has 0 unspecified atom stereocenters. The number of halogens is 1. The molecule has 2 heterocycles. The van der Waals surface area contributed by atoms with Crippen molar-refractivity contribution in [2.75, 3.05) is 38.5 Å². The number of furan rings is 1. The maximum absolute atomic E-state index is 12.4. The first-order valence-electron chi connectivity index (χ1n) is 8.41. The minimum Gasteiger partial charge on any atom is -0.456 e. The Balaban J connectivity index is 1.51. The summed E-state index contributed by atoms with van der Waals surface area (Å²) in [7, 11) is -3.30. The van der Waals surface area contributed by atoms with Crippen molar-refractivity contribution >= 4 is 31.7 Å². The minimum atomic E-state index is -3.30. The summed E-state index contributed by atoms with van der Waals surface area (Å²) in [5, 5.41) is 0. The smallest absolute Gasteiger partial charge is 0.289 e. The van der Waals surface area contributed by atoms with Crippen molar-refractivity contribution in [2.24, 2.45) is 0 Å². The maximum Gasteiger partial charge on any atom is 0.289 e. The number of amides is 1. The van der Waals surface area contributed by atoms with E-state index in [1.165, 1.54) is 0 Å². The average Bonchev–Trinajstić information content (AvgIpc) is 3.07. The lowest BCUT2D eigenvalue weighted by Crippen LogP contribution is -2.49. The van der Waals surface area contributed by atoms with Gasteiger partial charge in [0.1, 0.15) is 5.76 Å². The maximum atomic E-state index is 12.4. The van der Waals surface area contributed by atoms with Gasteiger partial charge in [0.25, 0.3) is 5.91 Å². The van der Waals surface area contributed by atoms with E-state index in [1.807, 2.05) is 0 Å². The summed E-state index contributed by atoms with van der Waals surface area (Å²) >= 11 is 3.31. The Bertz CT molecular complexity index is 869. The van der Waals surface area contributed by atoms with Crippen LogP contribution in [0.1, 0.15) is 16.3 Å². The number of hydrogen-bond donors (Lipinski definition) is 0. The number of piperazine rings is 1. The number of benzene rings is 1. The van der Waals surface area contributed by atoms with E-state index in [0.29, 0.717) is 49.1 Å². The number of hydrogen-bond acceptors (Lipinski definition) is 5. The van der Waals surface area contributed by atoms with Gasteiger partial charge in [0.15, 0.2) is 15.6 Å². The molecule has 2 aromatic rings. The van der Waals surface area contributed by atoms with Crippen molar-refractivity contribution < 1.29 is 17.6 Å². The van der Waals surface area contributed by atoms with E-state index >= 15 is 0 Å². The normalized spacial score (nSPS) is 16.0. The summed E-state index contributed by atoms with van der Waals surface area (Å²) in [5.41, 5.74) is 0. The molecule has 0 aliphatic carbocycles. The fourth-order valence-corrected chi connectivity index (χ4v) is 4.44. The first kappa shape index (κ1) is 19.1. The van der Waals surface area contributed by atoms with Gasteiger partial charge in [-0.05, 0) is 43.3 Å². The molecular formula is C18H21BrN2O4S. The molecule has 0 saturated carbocycles. The number of carbonyl (C=O) groups is 1. The van der Waals surface area contributed by atoms with Crippen molar-refractivity contribution in [1.29, 1.82) is 0 Å². The third kappa shape index (κ3) is 4.55. The first-order valence-corrected chi connectivity index (χ1v) is 10.9. The largest absolute Gasteiger partial charge is 0.456 e. The molecule has 0 atom stereocenters. The Kier molecular flexibility index (Phi) is 5.84. The van der Waals surface area contributed by atoms with Gasteiger partial charge >= 0.3 is 0 Å². The van der Waals surface area contributed by atoms with Crippen LogP contribution in [-0.4, -0.2) is 62.6 Å². The molecule has 0 bridgehead atoms. The Morgan fingerprint density at radius 2 is 1.73 bits per heavy atom. The molecule has 0 spiro atoms. The van der Waals surface area contributed by atoms with E-state index < -0.39 is 9.84 Å². The topological polar surface area (TPSA) is 70.8 Å². The molecule has 1 fully saturated rings. The van der Waals surface area contributed by atoms with Gasteiger partial charge in [-0.15, -0.1) is 0 Å². The molecular weight excluding hydrogens is 420 g/mol. The predicted molar refractivity (Wildman–Crippen MR) is 102 cm³/mol. The number of sulfone groups is 1. The number of nitrogens with zero attached hydrogens (tertiary/aromatic N) is 2. The molecule has 8 heteroatoms. The van der Waals surface area contributed by atoms with Crippen molar-refractivity contribution in [2.45, 2.75) is 11.8 Å². The number of aryl methyl sites for hydroxylation is 1. The second-order valence-corrected chi connectivity index (χ2v) is 9.34. The van der Waals surface area contributed by atoms with Crippen LogP contribution in [0.15, 0.2) is 50.2 Å². The second-order valence-electron chi connectivity index (χ2n) is 6.32. The fraction of sp³-hybridized carbons (Fsp3) is 0.389. The summed E-state index contributed by atoms with van der Waals surface area (Å²) < 4.78 is 31.1. The van der Waals surface area contributed by atoms with Crippen LogP contribution in [0.5, 0.6) is 0 Å². The minimum absolute atomic E-state index is 0.0694. The second kappa shape index (κ2) is 7.94. The van der Waals surface area contributed by atoms with Crippen molar-refractivity contribution in [3.05, 3.63) is 52.4 Å². The third-order valence-electron chi connectivity index (χ3n) is 4.46. The van der Waals surface area contributed by atoms with Crippen molar-refractivity contribution in [3.63, 3.8) is 0 Å². The van der Waals surface area contributed by atoms with E-state index in [1.54, 1.807) is 48.2 Å². The molecule has 1 aliphatic heterocycles. The van der Waals surface area contributed by atoms with Crippen molar-refractivity contribution in [3.8, 4) is 0 Å². The fourth-order valence-electron chi connectivity index (χ4n) is 2.89. The highest BCUT2D eigenvalue weighted by atomic mass is 79.9. The number of carbonyl (C=O) groups excluding carboxylic acids is 1. The Morgan fingerprint density at radius 1 is 1.08 bits per heavy atom. The zero-order chi connectivity index (χ0) is 18.7. The van der Waals surface area contributed by atoms with E-state index in [0.717, 1.165) is 4.47 Å². The SMILES string of the molecule is Cc1ccc(C(=O)N2CCN(CCS(=O)(=O)c3ccc(Br)cc3)CC2)o1. The molecule has 6 nitrogen and oxygen atoms in total. The zero-order valence-electron chi connectivity index (χ0n) is 14.5. The van der Waals surface area contributed by atoms with Crippen LogP contribution < -0.4 is 0 Å². The van der Waals surface area contributed by atoms with E-state index in [2.05, 4.69) is 20.8 Å². The standard InChI is InChI=1S/C18H21BrN2O4S/c1-14-2-7-17(25-14)18(22)21-10-8-20(9-11-21)12-13-26(23,24)16-5-3-15(19)4-6-16/h2-7H,8-13H2,1H3. The lowest BCUT2D eigenvalue weighted by atomic mass is 10.3. The van der Waals surface area contributed by atoms with Crippen LogP contribution in [0.25, 0.3) is 0 Å². The molecule has 1 aromatic heterocycles. The van der Waals surface area contributed by atoms with Gasteiger partial charge in [0, 0.05) is 37.2 Å². The van der Waals surface area contributed by atoms with Crippen LogP contribution >= 0.6 is 15.9 Å². The summed E-state index contributed by atoms with van der Waals surface area (Å²) in [6, 6.07) is 10.1. The number of rotatable bonds is 5. The summed E-state index contributed by atoms with van der Waals surface area (Å²) in [4.78, 5) is 16.5. The van der Waals surface area contributed by atoms with Crippen molar-refractivity contribution in [1.82, 2.24) is 9.80 Å². The highest BCUT2D eigenvalue weighted by molar-refractivity contribution is 9.10. The third-order valence-corrected chi connectivity index (χ3v) is 6.70. The lowest BCUT2D eigenvalue weighted by Gasteiger charge is -2.34. The van der Waals surface area contributed by atoms with E-state index in [4.69, 9.17) is 4.42 Å². The van der Waals surface area contributed by atoms with Gasteiger partial charge in [-0.25, -0.2) is 8.42 Å². The van der Waals surface area contributed by atoms with Gasteiger partial charge < -0.3 is 9.32 Å². The molecule has 26 heavy (non-hydrogen) atoms. The molecule has 3 rings (SSSR count). The van der Waals surface area contributed by atoms with Gasteiger partial charge in [-0.2, -0.15) is 0 Å². The van der Waals surface area contributed by atoms with Crippen LogP contribution in [-0.2, 0) is 9.84 Å². The zero-order valence-corrected chi connectivity index (χ0v) is 16.9. The molecule has 1 saturated heterocycles. The molecule has 140 valence electrons. The highest BCUT2D eigenvalue weighted by Crippen LogP contribution is 2.17. The van der Waals surface area contributed by atoms with Gasteiger partial charge in [0.2, 0.25) is 0 Å². The molecule has 0 N–H and O–H groups in total. The van der Waals surface area contributed by atoms with Gasteiger partial charge in [0.05, 0.1) is 10.6 Å². The van der Waals surface area contributed by atoms with Crippen LogP contribution in [0.3, 0.4) is 0 Å². The van der Waals surface area contributed by atoms with E-state index in [-0.39, 0.29) is 11.7 Å². The van der Waals surface area contributed by atoms with Crippen LogP contribution in [0.2, 0.25) is 0 Å². The monoisotopic (exact) mass is 440 g/mol. The van der Waals surface area contributed by atoms with Crippen LogP contribution in [0, 0.1) is 6.92 Å². The van der Waals surface area contributed by atoms with Gasteiger partial charge in [-0.3, -0.25) is 9.69 Å². The first-order chi connectivity index (χ1) is 12.3. The lowest BCUT2D eigenvalue weighted by molar-refractivity contribution is 0.0611. The Hall–Kier alpha value is -1.64. The summed E-state index contributed by atoms with van der Waals surface area (Å²) in [6.07, 6.45) is 0. The quantitative estimate of drug-likeness (QED) is 0.714. The average molecular weight is 441 g/mol. The molecule has 1 aliphatic rings. The Labute approximate surface area is 161 Å². The van der Waals surface area contributed by atoms with Gasteiger partial charge in [-0.1, -0.05) is 15.9 Å². The van der Waals surface area contributed by atoms with Crippen LogP contribution in [0.4, 0.5) is 0 Å². The summed E-state index contributed by atoms with van der Waals surface area (Å²) in [5.74, 6) is 1.03. The molecule has 1 amide bonds. The molecule has 1 aromatic carbocycles. The molecule has 0 radical (unpaired) electrons. The Morgan fingerprint density at radius 3 is 2.31 bits per heavy atom. The summed E-state index contributed by atoms with van der Waals surface area (Å²) in [6.45, 7) is 4.71. The highest BCUT2D eigenvalue weighted by Gasteiger charge is 2.25. The van der Waals surface area contributed by atoms with E-state index in [9.17, 15) is 13.2 Å².